The van der Waals surface area contributed by atoms with Gasteiger partial charge in [-0.25, -0.2) is 21.6 Å². The summed E-state index contributed by atoms with van der Waals surface area (Å²) in [6.45, 7) is 1.46. The van der Waals surface area contributed by atoms with Gasteiger partial charge >= 0.3 is 0 Å². The van der Waals surface area contributed by atoms with Crippen molar-refractivity contribution in [2.24, 2.45) is 5.73 Å². The fourth-order valence-electron chi connectivity index (χ4n) is 6.26. The summed E-state index contributed by atoms with van der Waals surface area (Å²) >= 11 is 0. The molecule has 1 saturated carbocycles. The molecule has 0 unspecified atom stereocenters. The van der Waals surface area contributed by atoms with Gasteiger partial charge in [0.25, 0.3) is 0 Å². The third kappa shape index (κ3) is 7.16. The first kappa shape index (κ1) is 33.0. The molecule has 248 valence electrons. The average molecular weight is 671 g/mol. The zero-order valence-corrected chi connectivity index (χ0v) is 27.5. The lowest BCUT2D eigenvalue weighted by Gasteiger charge is -2.38. The van der Waals surface area contributed by atoms with E-state index in [-0.39, 0.29) is 34.5 Å². The smallest absolute Gasteiger partial charge is 0.243 e. The third-order valence-corrected chi connectivity index (χ3v) is 12.7. The zero-order chi connectivity index (χ0) is 32.6. The standard InChI is InChI=1S/C33H42N4O7S2/c1-35-45(39,40)30-6-3-5-29(19-30)43-23-28(38)21-36-27-20-32(44-22-27)14-16-37(17-15-32)46(41,42)31-7-2-4-25(18-31)24-8-10-26(11-9-24)33(34)12-13-33/h2-11,18-19,27-28,35-36,38H,12-17,20-23,34H2,1H3/t27-,28-/m0/s1. The second-order valence-electron chi connectivity index (χ2n) is 12.6. The monoisotopic (exact) mass is 670 g/mol. The van der Waals surface area contributed by atoms with Crippen molar-refractivity contribution in [2.75, 3.05) is 39.9 Å². The number of nitrogens with zero attached hydrogens (tertiary/aromatic N) is 1. The molecule has 1 spiro atoms. The fraction of sp³-hybridized carbons (Fsp3) is 0.455. The number of ether oxygens (including phenoxy) is 2. The largest absolute Gasteiger partial charge is 0.491 e. The van der Waals surface area contributed by atoms with Crippen LogP contribution in [0.3, 0.4) is 0 Å². The van der Waals surface area contributed by atoms with Crippen LogP contribution in [-0.2, 0) is 30.3 Å². The van der Waals surface area contributed by atoms with E-state index in [9.17, 15) is 21.9 Å². The molecule has 0 amide bonds. The SMILES string of the molecule is CNS(=O)(=O)c1cccc(OC[C@@H](O)CN[C@@H]2COC3(CCN(S(=O)(=O)c4cccc(-c5ccc(C6(N)CC6)cc5)c4)CC3)C2)c1. The number of benzene rings is 3. The maximum absolute atomic E-state index is 13.6. The molecule has 5 N–H and O–H groups in total. The highest BCUT2D eigenvalue weighted by Gasteiger charge is 2.45. The van der Waals surface area contributed by atoms with E-state index in [0.29, 0.717) is 44.7 Å². The Morgan fingerprint density at radius 2 is 1.65 bits per heavy atom. The number of aliphatic hydroxyl groups excluding tert-OH is 1. The highest BCUT2D eigenvalue weighted by molar-refractivity contribution is 7.89. The zero-order valence-electron chi connectivity index (χ0n) is 25.9. The lowest BCUT2D eigenvalue weighted by molar-refractivity contribution is -0.0312. The summed E-state index contributed by atoms with van der Waals surface area (Å²) in [6.07, 6.45) is 3.05. The molecular weight excluding hydrogens is 629 g/mol. The van der Waals surface area contributed by atoms with Crippen LogP contribution < -0.4 is 20.5 Å². The molecule has 0 radical (unpaired) electrons. The molecule has 1 aliphatic carbocycles. The van der Waals surface area contributed by atoms with Crippen LogP contribution in [0.25, 0.3) is 11.1 Å². The molecule has 6 rings (SSSR count). The Kier molecular flexibility index (Phi) is 9.31. The molecule has 3 fully saturated rings. The quantitative estimate of drug-likeness (QED) is 0.227. The van der Waals surface area contributed by atoms with Crippen LogP contribution in [0.1, 0.15) is 37.7 Å². The Hall–Kier alpha value is -2.88. The van der Waals surface area contributed by atoms with Gasteiger partial charge in [0.1, 0.15) is 18.5 Å². The molecule has 13 heteroatoms. The Bertz CT molecular complexity index is 1750. The Morgan fingerprint density at radius 1 is 0.957 bits per heavy atom. The Balaban J connectivity index is 0.985. The van der Waals surface area contributed by atoms with Crippen molar-refractivity contribution in [3.8, 4) is 16.9 Å². The molecule has 0 bridgehead atoms. The fourth-order valence-corrected chi connectivity index (χ4v) is 8.52. The molecule has 3 aromatic rings. The molecule has 3 aliphatic rings. The van der Waals surface area contributed by atoms with E-state index in [2.05, 4.69) is 10.0 Å². The normalized spacial score (nSPS) is 21.7. The lowest BCUT2D eigenvalue weighted by Crippen LogP contribution is -2.47. The van der Waals surface area contributed by atoms with E-state index in [1.165, 1.54) is 19.2 Å². The van der Waals surface area contributed by atoms with Crippen LogP contribution in [0, 0.1) is 0 Å². The van der Waals surface area contributed by atoms with Crippen LogP contribution in [0.5, 0.6) is 5.75 Å². The molecule has 3 aromatic carbocycles. The molecule has 2 aliphatic heterocycles. The molecule has 2 heterocycles. The van der Waals surface area contributed by atoms with Crippen molar-refractivity contribution in [3.05, 3.63) is 78.4 Å². The van der Waals surface area contributed by atoms with Crippen molar-refractivity contribution in [3.63, 3.8) is 0 Å². The number of hydrogen-bond acceptors (Lipinski definition) is 9. The molecule has 2 atom stereocenters. The minimum atomic E-state index is -3.68. The average Bonchev–Trinajstić information content (AvgIpc) is 3.71. The van der Waals surface area contributed by atoms with Crippen LogP contribution in [-0.4, -0.2) is 83.9 Å². The van der Waals surface area contributed by atoms with Gasteiger partial charge in [-0.1, -0.05) is 42.5 Å². The topological polar surface area (TPSA) is 160 Å². The number of nitrogens with two attached hydrogens (primary N) is 1. The lowest BCUT2D eigenvalue weighted by atomic mass is 9.88. The summed E-state index contributed by atoms with van der Waals surface area (Å²) in [5.74, 6) is 0.347. The van der Waals surface area contributed by atoms with E-state index >= 15 is 0 Å². The maximum Gasteiger partial charge on any atom is 0.243 e. The summed E-state index contributed by atoms with van der Waals surface area (Å²) in [6, 6.07) is 21.3. The van der Waals surface area contributed by atoms with E-state index in [1.54, 1.807) is 34.6 Å². The van der Waals surface area contributed by atoms with E-state index < -0.39 is 31.8 Å². The molecule has 11 nitrogen and oxygen atoms in total. The van der Waals surface area contributed by atoms with E-state index in [0.717, 1.165) is 29.5 Å². The van der Waals surface area contributed by atoms with Crippen LogP contribution >= 0.6 is 0 Å². The van der Waals surface area contributed by atoms with Crippen LogP contribution in [0.4, 0.5) is 0 Å². The first-order valence-electron chi connectivity index (χ1n) is 15.6. The van der Waals surface area contributed by atoms with Gasteiger partial charge < -0.3 is 25.6 Å². The Labute approximate surface area is 271 Å². The van der Waals surface area contributed by atoms with Crippen molar-refractivity contribution >= 4 is 20.0 Å². The van der Waals surface area contributed by atoms with Gasteiger partial charge in [0.05, 0.1) is 22.0 Å². The van der Waals surface area contributed by atoms with Crippen LogP contribution in [0.15, 0.2) is 82.6 Å². The molecule has 46 heavy (non-hydrogen) atoms. The summed E-state index contributed by atoms with van der Waals surface area (Å²) in [5, 5.41) is 13.8. The minimum Gasteiger partial charge on any atom is -0.491 e. The molecule has 0 aromatic heterocycles. The van der Waals surface area contributed by atoms with Crippen molar-refractivity contribution in [1.82, 2.24) is 14.3 Å². The first-order valence-corrected chi connectivity index (χ1v) is 18.6. The Morgan fingerprint density at radius 3 is 2.35 bits per heavy atom. The maximum atomic E-state index is 13.6. The van der Waals surface area contributed by atoms with Gasteiger partial charge in [-0.15, -0.1) is 0 Å². The third-order valence-electron chi connectivity index (χ3n) is 9.37. The second-order valence-corrected chi connectivity index (χ2v) is 16.4. The second kappa shape index (κ2) is 13.0. The van der Waals surface area contributed by atoms with Crippen molar-refractivity contribution in [1.29, 1.82) is 0 Å². The van der Waals surface area contributed by atoms with Gasteiger partial charge in [0.15, 0.2) is 0 Å². The summed E-state index contributed by atoms with van der Waals surface area (Å²) in [7, 11) is -5.93. The predicted octanol–water partition coefficient (Wildman–Crippen LogP) is 2.55. The number of sulfonamides is 2. The summed E-state index contributed by atoms with van der Waals surface area (Å²) < 4.78 is 67.0. The van der Waals surface area contributed by atoms with Crippen molar-refractivity contribution < 1.29 is 31.4 Å². The highest BCUT2D eigenvalue weighted by Crippen LogP contribution is 2.43. The summed E-state index contributed by atoms with van der Waals surface area (Å²) in [4.78, 5) is 0.363. The number of piperidine rings is 1. The van der Waals surface area contributed by atoms with Crippen LogP contribution in [0.2, 0.25) is 0 Å². The first-order chi connectivity index (χ1) is 21.9. The molecular formula is C33H42N4O7S2. The number of hydrogen-bond donors (Lipinski definition) is 4. The summed E-state index contributed by atoms with van der Waals surface area (Å²) in [5.41, 5.74) is 8.61. The van der Waals surface area contributed by atoms with Gasteiger partial charge in [-0.2, -0.15) is 4.31 Å². The number of nitrogens with one attached hydrogen (secondary N) is 2. The number of aliphatic hydroxyl groups is 1. The van der Waals surface area contributed by atoms with Gasteiger partial charge in [0.2, 0.25) is 20.0 Å². The van der Waals surface area contributed by atoms with Crippen molar-refractivity contribution in [2.45, 2.75) is 65.2 Å². The highest BCUT2D eigenvalue weighted by atomic mass is 32.2. The van der Waals surface area contributed by atoms with E-state index in [1.807, 2.05) is 30.3 Å². The predicted molar refractivity (Wildman–Crippen MR) is 174 cm³/mol. The minimum absolute atomic E-state index is 0.0114. The number of rotatable bonds is 12. The van der Waals surface area contributed by atoms with Gasteiger partial charge in [0, 0.05) is 37.3 Å². The van der Waals surface area contributed by atoms with E-state index in [4.69, 9.17) is 15.2 Å². The molecule has 2 saturated heterocycles. The van der Waals surface area contributed by atoms with Gasteiger partial charge in [-0.05, 0) is 80.1 Å². The van der Waals surface area contributed by atoms with Gasteiger partial charge in [-0.3, -0.25) is 0 Å².